The van der Waals surface area contributed by atoms with Crippen LogP contribution in [0.3, 0.4) is 0 Å². The van der Waals surface area contributed by atoms with Gasteiger partial charge in [-0.25, -0.2) is 0 Å². The highest BCUT2D eigenvalue weighted by molar-refractivity contribution is 14.0. The summed E-state index contributed by atoms with van der Waals surface area (Å²) in [5.74, 6) is 1.85. The minimum atomic E-state index is 0. The Morgan fingerprint density at radius 1 is 1.17 bits per heavy atom. The molecule has 30 heavy (non-hydrogen) atoms. The zero-order valence-corrected chi connectivity index (χ0v) is 20.4. The Labute approximate surface area is 200 Å². The maximum absolute atomic E-state index is 5.93. The van der Waals surface area contributed by atoms with Crippen LogP contribution in [0.4, 0.5) is 0 Å². The molecule has 1 aliphatic carbocycles. The van der Waals surface area contributed by atoms with E-state index in [0.29, 0.717) is 29.3 Å². The Balaban J connectivity index is 0.00000256. The lowest BCUT2D eigenvalue weighted by Crippen LogP contribution is -2.50. The summed E-state index contributed by atoms with van der Waals surface area (Å²) in [6, 6.07) is 8.65. The third kappa shape index (κ3) is 6.07. The fourth-order valence-corrected chi connectivity index (χ4v) is 4.39. The number of rotatable bonds is 5. The standard InChI is InChI=1S/C21H29ClN6O.HI/c1-23-21(25-17-10-12-28(13-11-17)18-4-2-3-5-18)24-14-19-26-20(27-29-19)15-6-8-16(22)9-7-15;/h6-9,17-18H,2-5,10-14H2,1H3,(H2,23,24,25);1H. The van der Waals surface area contributed by atoms with Gasteiger partial charge in [0.2, 0.25) is 11.7 Å². The Morgan fingerprint density at radius 2 is 1.87 bits per heavy atom. The van der Waals surface area contributed by atoms with Crippen LogP contribution in [-0.2, 0) is 6.54 Å². The summed E-state index contributed by atoms with van der Waals surface area (Å²) in [6.07, 6.45) is 7.85. The molecule has 1 saturated heterocycles. The number of halogens is 2. The number of benzene rings is 1. The normalized spacial score (nSPS) is 18.9. The topological polar surface area (TPSA) is 78.6 Å². The molecule has 2 aromatic rings. The second-order valence-electron chi connectivity index (χ2n) is 7.84. The summed E-state index contributed by atoms with van der Waals surface area (Å²) in [6.45, 7) is 2.78. The summed E-state index contributed by atoms with van der Waals surface area (Å²) in [5.41, 5.74) is 0.876. The van der Waals surface area contributed by atoms with Crippen molar-refractivity contribution in [2.75, 3.05) is 20.1 Å². The zero-order chi connectivity index (χ0) is 20.1. The molecule has 0 amide bonds. The number of hydrogen-bond acceptors (Lipinski definition) is 5. The number of likely N-dealkylation sites (tertiary alicyclic amines) is 1. The van der Waals surface area contributed by atoms with Gasteiger partial charge in [0.05, 0.1) is 6.54 Å². The molecule has 1 aromatic carbocycles. The smallest absolute Gasteiger partial charge is 0.246 e. The number of nitrogens with one attached hydrogen (secondary N) is 2. The van der Waals surface area contributed by atoms with Crippen LogP contribution in [0.15, 0.2) is 33.8 Å². The molecule has 4 rings (SSSR count). The van der Waals surface area contributed by atoms with Gasteiger partial charge in [0.15, 0.2) is 5.96 Å². The summed E-state index contributed by atoms with van der Waals surface area (Å²) < 4.78 is 5.36. The van der Waals surface area contributed by atoms with E-state index in [1.54, 1.807) is 7.05 Å². The van der Waals surface area contributed by atoms with Crippen LogP contribution in [0.1, 0.15) is 44.4 Å². The second kappa shape index (κ2) is 11.3. The Hall–Kier alpha value is -1.39. The molecule has 0 bridgehead atoms. The quantitative estimate of drug-likeness (QED) is 0.336. The first-order valence-electron chi connectivity index (χ1n) is 10.5. The van der Waals surface area contributed by atoms with E-state index in [0.717, 1.165) is 30.4 Å². The Bertz CT molecular complexity index is 813. The highest BCUT2D eigenvalue weighted by Gasteiger charge is 2.27. The van der Waals surface area contributed by atoms with Crippen LogP contribution in [0.2, 0.25) is 5.02 Å². The highest BCUT2D eigenvalue weighted by Crippen LogP contribution is 2.26. The fourth-order valence-electron chi connectivity index (χ4n) is 4.27. The van der Waals surface area contributed by atoms with Gasteiger partial charge in [-0.3, -0.25) is 4.99 Å². The molecule has 1 saturated carbocycles. The number of aliphatic imine (C=N–C) groups is 1. The number of hydrogen-bond donors (Lipinski definition) is 2. The molecule has 2 N–H and O–H groups in total. The van der Waals surface area contributed by atoms with Crippen LogP contribution < -0.4 is 10.6 Å². The third-order valence-corrected chi connectivity index (χ3v) is 6.16. The molecule has 0 spiro atoms. The Morgan fingerprint density at radius 3 is 2.53 bits per heavy atom. The van der Waals surface area contributed by atoms with Gasteiger partial charge in [0.1, 0.15) is 0 Å². The summed E-state index contributed by atoms with van der Waals surface area (Å²) >= 11 is 5.93. The summed E-state index contributed by atoms with van der Waals surface area (Å²) in [5, 5.41) is 11.6. The van der Waals surface area contributed by atoms with Gasteiger partial charge >= 0.3 is 0 Å². The molecule has 0 atom stereocenters. The number of piperidine rings is 1. The van der Waals surface area contributed by atoms with Crippen molar-refractivity contribution >= 4 is 41.5 Å². The van der Waals surface area contributed by atoms with Gasteiger partial charge in [-0.15, -0.1) is 24.0 Å². The molecule has 2 fully saturated rings. The molecule has 0 unspecified atom stereocenters. The van der Waals surface area contributed by atoms with E-state index in [-0.39, 0.29) is 24.0 Å². The van der Waals surface area contributed by atoms with Gasteiger partial charge in [-0.2, -0.15) is 4.98 Å². The molecule has 7 nitrogen and oxygen atoms in total. The molecular weight excluding hydrogens is 515 g/mol. The van der Waals surface area contributed by atoms with E-state index in [4.69, 9.17) is 16.1 Å². The van der Waals surface area contributed by atoms with Crippen LogP contribution >= 0.6 is 35.6 Å². The zero-order valence-electron chi connectivity index (χ0n) is 17.3. The lowest BCUT2D eigenvalue weighted by atomic mass is 10.0. The largest absolute Gasteiger partial charge is 0.354 e. The van der Waals surface area contributed by atoms with Crippen molar-refractivity contribution in [2.45, 2.75) is 57.2 Å². The fraction of sp³-hybridized carbons (Fsp3) is 0.571. The lowest BCUT2D eigenvalue weighted by Gasteiger charge is -2.36. The first kappa shape index (κ1) is 23.3. The predicted molar refractivity (Wildman–Crippen MR) is 130 cm³/mol. The lowest BCUT2D eigenvalue weighted by molar-refractivity contribution is 0.150. The van der Waals surface area contributed by atoms with E-state index in [9.17, 15) is 0 Å². The summed E-state index contributed by atoms with van der Waals surface area (Å²) in [7, 11) is 1.79. The number of guanidine groups is 1. The van der Waals surface area contributed by atoms with Crippen molar-refractivity contribution in [3.05, 3.63) is 35.2 Å². The van der Waals surface area contributed by atoms with Gasteiger partial charge in [0.25, 0.3) is 0 Å². The van der Waals surface area contributed by atoms with Crippen molar-refractivity contribution < 1.29 is 4.52 Å². The van der Waals surface area contributed by atoms with Crippen molar-refractivity contribution in [1.29, 1.82) is 0 Å². The van der Waals surface area contributed by atoms with Crippen molar-refractivity contribution in [2.24, 2.45) is 4.99 Å². The summed E-state index contributed by atoms with van der Waals surface area (Å²) in [4.78, 5) is 11.5. The van der Waals surface area contributed by atoms with Gasteiger partial charge in [0, 0.05) is 42.8 Å². The number of nitrogens with zero attached hydrogens (tertiary/aromatic N) is 4. The van der Waals surface area contributed by atoms with E-state index in [1.165, 1.54) is 38.8 Å². The predicted octanol–water partition coefficient (Wildman–Crippen LogP) is 4.08. The first-order chi connectivity index (χ1) is 14.2. The molecule has 9 heteroatoms. The maximum Gasteiger partial charge on any atom is 0.246 e. The molecule has 2 heterocycles. The van der Waals surface area contributed by atoms with Gasteiger partial charge in [-0.1, -0.05) is 29.6 Å². The molecule has 0 radical (unpaired) electrons. The average Bonchev–Trinajstić information content (AvgIpc) is 3.44. The minimum absolute atomic E-state index is 0. The van der Waals surface area contributed by atoms with Crippen LogP contribution in [-0.4, -0.2) is 53.2 Å². The van der Waals surface area contributed by atoms with E-state index < -0.39 is 0 Å². The van der Waals surface area contributed by atoms with Gasteiger partial charge in [-0.05, 0) is 49.9 Å². The highest BCUT2D eigenvalue weighted by atomic mass is 127. The molecule has 164 valence electrons. The first-order valence-corrected chi connectivity index (χ1v) is 10.9. The maximum atomic E-state index is 5.93. The second-order valence-corrected chi connectivity index (χ2v) is 8.27. The van der Waals surface area contributed by atoms with Crippen molar-refractivity contribution in [1.82, 2.24) is 25.7 Å². The molecule has 2 aliphatic rings. The van der Waals surface area contributed by atoms with Crippen LogP contribution in [0.25, 0.3) is 11.4 Å². The molecule has 1 aliphatic heterocycles. The van der Waals surface area contributed by atoms with E-state index in [2.05, 4.69) is 30.7 Å². The van der Waals surface area contributed by atoms with Crippen molar-refractivity contribution in [3.63, 3.8) is 0 Å². The van der Waals surface area contributed by atoms with Crippen molar-refractivity contribution in [3.8, 4) is 11.4 Å². The number of aromatic nitrogens is 2. The Kier molecular flexibility index (Phi) is 8.76. The van der Waals surface area contributed by atoms with Crippen LogP contribution in [0, 0.1) is 0 Å². The minimum Gasteiger partial charge on any atom is -0.354 e. The SMILES string of the molecule is CN=C(NCc1nc(-c2ccc(Cl)cc2)no1)NC1CCN(C2CCCC2)CC1.I. The molecular formula is C21H30ClIN6O. The van der Waals surface area contributed by atoms with Crippen LogP contribution in [0.5, 0.6) is 0 Å². The van der Waals surface area contributed by atoms with Gasteiger partial charge < -0.3 is 20.1 Å². The molecule has 1 aromatic heterocycles. The van der Waals surface area contributed by atoms with E-state index >= 15 is 0 Å². The third-order valence-electron chi connectivity index (χ3n) is 5.91. The average molecular weight is 545 g/mol. The monoisotopic (exact) mass is 544 g/mol. The van der Waals surface area contributed by atoms with E-state index in [1.807, 2.05) is 24.3 Å².